The molecule has 6 nitrogen and oxygen atoms in total. The number of carbonyl (C=O) groups is 1. The number of hydrogen-bond acceptors (Lipinski definition) is 4. The molecule has 0 saturated carbocycles. The summed E-state index contributed by atoms with van der Waals surface area (Å²) < 4.78 is 33.6. The minimum atomic E-state index is -3.68. The second-order valence-corrected chi connectivity index (χ2v) is 10.9. The van der Waals surface area contributed by atoms with Crippen molar-refractivity contribution >= 4 is 15.9 Å². The summed E-state index contributed by atoms with van der Waals surface area (Å²) in [5.74, 6) is -0.0821. The number of sulfonamides is 1. The Morgan fingerprint density at radius 2 is 1.75 bits per heavy atom. The van der Waals surface area contributed by atoms with Gasteiger partial charge in [-0.3, -0.25) is 4.79 Å². The van der Waals surface area contributed by atoms with E-state index >= 15 is 0 Å². The van der Waals surface area contributed by atoms with Crippen molar-refractivity contribution in [2.75, 3.05) is 19.6 Å². The van der Waals surface area contributed by atoms with Gasteiger partial charge in [0, 0.05) is 31.2 Å². The van der Waals surface area contributed by atoms with E-state index < -0.39 is 10.0 Å². The molecule has 2 aliphatic rings. The van der Waals surface area contributed by atoms with Gasteiger partial charge in [-0.15, -0.1) is 0 Å². The van der Waals surface area contributed by atoms with Crippen molar-refractivity contribution in [2.24, 2.45) is 0 Å². The zero-order valence-electron chi connectivity index (χ0n) is 18.8. The van der Waals surface area contributed by atoms with Crippen LogP contribution in [0.2, 0.25) is 0 Å². The Balaban J connectivity index is 1.49. The summed E-state index contributed by atoms with van der Waals surface area (Å²) in [6.07, 6.45) is 3.49. The summed E-state index contributed by atoms with van der Waals surface area (Å²) in [7, 11) is -3.68. The molecule has 1 amide bonds. The first-order chi connectivity index (χ1) is 15.3. The van der Waals surface area contributed by atoms with Crippen molar-refractivity contribution < 1.29 is 17.9 Å². The smallest absolute Gasteiger partial charge is 0.254 e. The number of amides is 1. The molecule has 4 rings (SSSR count). The van der Waals surface area contributed by atoms with Crippen LogP contribution in [-0.2, 0) is 21.2 Å². The number of hydrogen-bond donors (Lipinski definition) is 0. The van der Waals surface area contributed by atoms with E-state index in [4.69, 9.17) is 4.74 Å². The molecule has 2 fully saturated rings. The third-order valence-electron chi connectivity index (χ3n) is 6.35. The van der Waals surface area contributed by atoms with Crippen LogP contribution in [0.25, 0.3) is 0 Å². The van der Waals surface area contributed by atoms with Crippen LogP contribution in [0.1, 0.15) is 49.0 Å². The molecule has 2 aromatic rings. The Bertz CT molecular complexity index is 1030. The number of likely N-dealkylation sites (tertiary alicyclic amines) is 1. The molecule has 172 valence electrons. The molecule has 7 heteroatoms. The number of rotatable bonds is 6. The third-order valence-corrected chi connectivity index (χ3v) is 8.18. The number of aryl methyl sites for hydroxylation is 1. The van der Waals surface area contributed by atoms with Gasteiger partial charge in [0.25, 0.3) is 5.91 Å². The largest absolute Gasteiger partial charge is 0.373 e. The number of nitrogens with zero attached hydrogens (tertiary/aromatic N) is 2. The van der Waals surface area contributed by atoms with Crippen LogP contribution in [0.15, 0.2) is 59.5 Å². The van der Waals surface area contributed by atoms with Gasteiger partial charge in [0.2, 0.25) is 10.0 Å². The standard InChI is InChI=1S/C25H32N2O4S/c1-19-17-26(18-20(2)31-19)32(29,30)24-12-6-10-22(16-24)25(28)27-15-7-11-23(27)14-13-21-8-4-3-5-9-21/h3-6,8-10,12,16,19-20,23H,7,11,13-15,17-18H2,1-2H3. The van der Waals surface area contributed by atoms with E-state index in [0.717, 1.165) is 25.7 Å². The molecule has 0 aliphatic carbocycles. The van der Waals surface area contributed by atoms with Crippen molar-refractivity contribution in [1.82, 2.24) is 9.21 Å². The molecular formula is C25H32N2O4S. The maximum Gasteiger partial charge on any atom is 0.254 e. The Morgan fingerprint density at radius 3 is 2.47 bits per heavy atom. The fraction of sp³-hybridized carbons (Fsp3) is 0.480. The van der Waals surface area contributed by atoms with Gasteiger partial charge in [0.15, 0.2) is 0 Å². The van der Waals surface area contributed by atoms with Gasteiger partial charge in [0.05, 0.1) is 17.1 Å². The zero-order chi connectivity index (χ0) is 22.7. The van der Waals surface area contributed by atoms with Crippen LogP contribution in [0, 0.1) is 0 Å². The van der Waals surface area contributed by atoms with Gasteiger partial charge in [-0.2, -0.15) is 4.31 Å². The fourth-order valence-corrected chi connectivity index (χ4v) is 6.45. The van der Waals surface area contributed by atoms with Crippen LogP contribution in [0.3, 0.4) is 0 Å². The highest BCUT2D eigenvalue weighted by molar-refractivity contribution is 7.89. The lowest BCUT2D eigenvalue weighted by molar-refractivity contribution is -0.0440. The Labute approximate surface area is 191 Å². The molecule has 32 heavy (non-hydrogen) atoms. The lowest BCUT2D eigenvalue weighted by atomic mass is 10.0. The molecule has 0 N–H and O–H groups in total. The first-order valence-corrected chi connectivity index (χ1v) is 12.9. The SMILES string of the molecule is CC1CN(S(=O)(=O)c2cccc(C(=O)N3CCCC3CCc3ccccc3)c2)CC(C)O1. The summed E-state index contributed by atoms with van der Waals surface area (Å²) in [6.45, 7) is 5.10. The van der Waals surface area contributed by atoms with Gasteiger partial charge in [0.1, 0.15) is 0 Å². The van der Waals surface area contributed by atoms with Gasteiger partial charge in [-0.25, -0.2) is 8.42 Å². The lowest BCUT2D eigenvalue weighted by Gasteiger charge is -2.34. The summed E-state index contributed by atoms with van der Waals surface area (Å²) in [5, 5.41) is 0. The van der Waals surface area contributed by atoms with E-state index in [1.165, 1.54) is 15.9 Å². The summed E-state index contributed by atoms with van der Waals surface area (Å²) in [6, 6.07) is 17.0. The third kappa shape index (κ3) is 5.05. The van der Waals surface area contributed by atoms with Crippen molar-refractivity contribution in [3.05, 3.63) is 65.7 Å². The zero-order valence-corrected chi connectivity index (χ0v) is 19.6. The Kier molecular flexibility index (Phi) is 6.98. The Hall–Kier alpha value is -2.22. The molecule has 2 aliphatic heterocycles. The van der Waals surface area contributed by atoms with E-state index in [0.29, 0.717) is 25.2 Å². The summed E-state index contributed by atoms with van der Waals surface area (Å²) >= 11 is 0. The predicted molar refractivity (Wildman–Crippen MR) is 124 cm³/mol. The molecule has 3 atom stereocenters. The van der Waals surface area contributed by atoms with Crippen LogP contribution in [0.5, 0.6) is 0 Å². The minimum Gasteiger partial charge on any atom is -0.373 e. The minimum absolute atomic E-state index is 0.0821. The lowest BCUT2D eigenvalue weighted by Crippen LogP contribution is -2.48. The molecule has 2 saturated heterocycles. The topological polar surface area (TPSA) is 66.9 Å². The fourth-order valence-electron chi connectivity index (χ4n) is 4.81. The van der Waals surface area contributed by atoms with Crippen LogP contribution in [0.4, 0.5) is 0 Å². The molecule has 0 radical (unpaired) electrons. The predicted octanol–water partition coefficient (Wildman–Crippen LogP) is 3.72. The molecule has 2 heterocycles. The normalized spacial score (nSPS) is 24.6. The van der Waals surface area contributed by atoms with Crippen molar-refractivity contribution in [2.45, 2.75) is 62.7 Å². The highest BCUT2D eigenvalue weighted by atomic mass is 32.2. The molecule has 2 aromatic carbocycles. The number of ether oxygens (including phenoxy) is 1. The molecule has 3 unspecified atom stereocenters. The van der Waals surface area contributed by atoms with E-state index in [-0.39, 0.29) is 29.1 Å². The second-order valence-electron chi connectivity index (χ2n) is 8.93. The summed E-state index contributed by atoms with van der Waals surface area (Å²) in [4.78, 5) is 15.4. The van der Waals surface area contributed by atoms with Gasteiger partial charge in [-0.05, 0) is 63.3 Å². The van der Waals surface area contributed by atoms with Crippen molar-refractivity contribution in [3.8, 4) is 0 Å². The number of benzene rings is 2. The van der Waals surface area contributed by atoms with Gasteiger partial charge < -0.3 is 9.64 Å². The molecule has 0 spiro atoms. The first kappa shape index (κ1) is 23.0. The quantitative estimate of drug-likeness (QED) is 0.664. The molecular weight excluding hydrogens is 424 g/mol. The molecule has 0 aromatic heterocycles. The van der Waals surface area contributed by atoms with Crippen LogP contribution in [-0.4, -0.2) is 61.4 Å². The highest BCUT2D eigenvalue weighted by Crippen LogP contribution is 2.26. The average Bonchev–Trinajstić information content (AvgIpc) is 3.26. The van der Waals surface area contributed by atoms with Crippen molar-refractivity contribution in [1.29, 1.82) is 0 Å². The monoisotopic (exact) mass is 456 g/mol. The Morgan fingerprint density at radius 1 is 1.03 bits per heavy atom. The molecule has 0 bridgehead atoms. The van der Waals surface area contributed by atoms with E-state index in [2.05, 4.69) is 12.1 Å². The van der Waals surface area contributed by atoms with Crippen LogP contribution < -0.4 is 0 Å². The highest BCUT2D eigenvalue weighted by Gasteiger charge is 2.34. The van der Waals surface area contributed by atoms with E-state index in [9.17, 15) is 13.2 Å². The maximum absolute atomic E-state index is 13.3. The number of carbonyl (C=O) groups excluding carboxylic acids is 1. The number of morpholine rings is 1. The van der Waals surface area contributed by atoms with Crippen molar-refractivity contribution in [3.63, 3.8) is 0 Å². The van der Waals surface area contributed by atoms with Gasteiger partial charge in [-0.1, -0.05) is 36.4 Å². The van der Waals surface area contributed by atoms with Gasteiger partial charge >= 0.3 is 0 Å². The maximum atomic E-state index is 13.3. The summed E-state index contributed by atoms with van der Waals surface area (Å²) in [5.41, 5.74) is 1.71. The first-order valence-electron chi connectivity index (χ1n) is 11.4. The van der Waals surface area contributed by atoms with E-state index in [1.54, 1.807) is 18.2 Å². The average molecular weight is 457 g/mol. The second kappa shape index (κ2) is 9.73. The van der Waals surface area contributed by atoms with Crippen LogP contribution >= 0.6 is 0 Å². The van der Waals surface area contributed by atoms with E-state index in [1.807, 2.05) is 36.9 Å².